The number of rotatable bonds is 4. The highest BCUT2D eigenvalue weighted by Gasteiger charge is 2.42. The number of hydrogen-bond acceptors (Lipinski definition) is 3. The van der Waals surface area contributed by atoms with E-state index >= 15 is 0 Å². The summed E-state index contributed by atoms with van der Waals surface area (Å²) in [5.41, 5.74) is 1.18. The highest BCUT2D eigenvalue weighted by molar-refractivity contribution is 5.67. The highest BCUT2D eigenvalue weighted by Crippen LogP contribution is 2.26. The van der Waals surface area contributed by atoms with E-state index in [0.717, 1.165) is 6.42 Å². The van der Waals surface area contributed by atoms with Crippen LogP contribution in [-0.2, 0) is 15.9 Å². The molecule has 0 radical (unpaired) electrons. The van der Waals surface area contributed by atoms with Crippen LogP contribution < -0.4 is 5.32 Å². The minimum atomic E-state index is -0.409. The van der Waals surface area contributed by atoms with Crippen LogP contribution in [0.15, 0.2) is 30.3 Å². The van der Waals surface area contributed by atoms with Crippen LogP contribution in [0.4, 0.5) is 4.79 Å². The zero-order chi connectivity index (χ0) is 12.3. The Morgan fingerprint density at radius 3 is 2.65 bits per heavy atom. The summed E-state index contributed by atoms with van der Waals surface area (Å²) in [6.45, 7) is 2.00. The van der Waals surface area contributed by atoms with Gasteiger partial charge in [-0.1, -0.05) is 30.3 Å². The van der Waals surface area contributed by atoms with E-state index in [1.165, 1.54) is 12.7 Å². The van der Waals surface area contributed by atoms with Crippen molar-refractivity contribution in [2.24, 2.45) is 0 Å². The van der Waals surface area contributed by atoms with Gasteiger partial charge in [-0.15, -0.1) is 0 Å². The maximum absolute atomic E-state index is 11.3. The minimum Gasteiger partial charge on any atom is -0.453 e. The van der Waals surface area contributed by atoms with Crippen molar-refractivity contribution in [3.63, 3.8) is 0 Å². The second-order valence-electron chi connectivity index (χ2n) is 4.24. The van der Waals surface area contributed by atoms with Crippen LogP contribution in [0.3, 0.4) is 0 Å². The number of carbonyl (C=O) groups is 1. The summed E-state index contributed by atoms with van der Waals surface area (Å²) in [7, 11) is 1.37. The maximum Gasteiger partial charge on any atom is 0.407 e. The first kappa shape index (κ1) is 11.9. The molecule has 1 N–H and O–H groups in total. The number of epoxide rings is 1. The molecular formula is C13H17NO3. The van der Waals surface area contributed by atoms with Crippen molar-refractivity contribution in [3.8, 4) is 0 Å². The summed E-state index contributed by atoms with van der Waals surface area (Å²) in [5, 5.41) is 2.82. The van der Waals surface area contributed by atoms with E-state index in [4.69, 9.17) is 4.74 Å². The fourth-order valence-electron chi connectivity index (χ4n) is 1.95. The molecule has 1 aliphatic heterocycles. The van der Waals surface area contributed by atoms with Gasteiger partial charge in [0.2, 0.25) is 0 Å². The predicted molar refractivity (Wildman–Crippen MR) is 63.8 cm³/mol. The van der Waals surface area contributed by atoms with Crippen molar-refractivity contribution in [1.82, 2.24) is 5.32 Å². The molecule has 17 heavy (non-hydrogen) atoms. The molecule has 1 amide bonds. The summed E-state index contributed by atoms with van der Waals surface area (Å²) in [6.07, 6.45) is 0.647. The van der Waals surface area contributed by atoms with Crippen molar-refractivity contribution < 1.29 is 14.3 Å². The van der Waals surface area contributed by atoms with E-state index in [1.807, 2.05) is 37.3 Å². The van der Waals surface area contributed by atoms with Crippen molar-refractivity contribution in [2.75, 3.05) is 7.11 Å². The second kappa shape index (κ2) is 5.19. The van der Waals surface area contributed by atoms with Gasteiger partial charge in [0.25, 0.3) is 0 Å². The standard InChI is InChI=1S/C13H17NO3/c1-9-12(17-9)11(14-13(15)16-2)8-10-6-4-3-5-7-10/h3-7,9,11-12H,8H2,1-2H3,(H,14,15)/t9-,11-,12+/m1/s1. The fraction of sp³-hybridized carbons (Fsp3) is 0.462. The summed E-state index contributed by atoms with van der Waals surface area (Å²) in [4.78, 5) is 11.3. The fourth-order valence-corrected chi connectivity index (χ4v) is 1.95. The lowest BCUT2D eigenvalue weighted by atomic mass is 10.0. The molecule has 0 bridgehead atoms. The Kier molecular flexibility index (Phi) is 3.64. The first-order valence-electron chi connectivity index (χ1n) is 5.74. The van der Waals surface area contributed by atoms with Crippen LogP contribution in [0.2, 0.25) is 0 Å². The van der Waals surface area contributed by atoms with Gasteiger partial charge in [0, 0.05) is 0 Å². The van der Waals surface area contributed by atoms with E-state index < -0.39 is 6.09 Å². The number of nitrogens with one attached hydrogen (secondary N) is 1. The van der Waals surface area contributed by atoms with E-state index in [9.17, 15) is 4.79 Å². The SMILES string of the molecule is COC(=O)N[C@H](Cc1ccccc1)[C@H]1O[C@@H]1C. The van der Waals surface area contributed by atoms with Gasteiger partial charge in [0.15, 0.2) is 0 Å². The Balaban J connectivity index is 1.98. The van der Waals surface area contributed by atoms with Gasteiger partial charge in [-0.05, 0) is 18.9 Å². The van der Waals surface area contributed by atoms with Crippen LogP contribution in [-0.4, -0.2) is 31.5 Å². The van der Waals surface area contributed by atoms with Crippen molar-refractivity contribution >= 4 is 6.09 Å². The average molecular weight is 235 g/mol. The molecule has 1 heterocycles. The Morgan fingerprint density at radius 2 is 2.12 bits per heavy atom. The molecule has 4 heteroatoms. The van der Waals surface area contributed by atoms with E-state index in [-0.39, 0.29) is 18.2 Å². The number of benzene rings is 1. The zero-order valence-corrected chi connectivity index (χ0v) is 10.1. The molecule has 0 aliphatic carbocycles. The molecule has 0 spiro atoms. The van der Waals surface area contributed by atoms with Gasteiger partial charge in [-0.25, -0.2) is 4.79 Å². The summed E-state index contributed by atoms with van der Waals surface area (Å²) in [6, 6.07) is 10.0. The lowest BCUT2D eigenvalue weighted by molar-refractivity contribution is 0.163. The Morgan fingerprint density at radius 1 is 1.47 bits per heavy atom. The summed E-state index contributed by atoms with van der Waals surface area (Å²) >= 11 is 0. The molecule has 4 nitrogen and oxygen atoms in total. The highest BCUT2D eigenvalue weighted by atomic mass is 16.6. The van der Waals surface area contributed by atoms with Crippen LogP contribution >= 0.6 is 0 Å². The van der Waals surface area contributed by atoms with Crippen LogP contribution in [0.25, 0.3) is 0 Å². The first-order chi connectivity index (χ1) is 8.20. The maximum atomic E-state index is 11.3. The van der Waals surface area contributed by atoms with Gasteiger partial charge in [0.05, 0.1) is 19.3 Å². The van der Waals surface area contributed by atoms with E-state index in [2.05, 4.69) is 10.1 Å². The number of hydrogen-bond donors (Lipinski definition) is 1. The van der Waals surface area contributed by atoms with Crippen LogP contribution in [0, 0.1) is 0 Å². The average Bonchev–Trinajstić information content (AvgIpc) is 3.07. The third-order valence-corrected chi connectivity index (χ3v) is 2.94. The molecule has 92 valence electrons. The molecule has 2 rings (SSSR count). The molecule has 1 aliphatic rings. The molecule has 0 saturated carbocycles. The van der Waals surface area contributed by atoms with Gasteiger partial charge in [-0.3, -0.25) is 0 Å². The molecular weight excluding hydrogens is 218 g/mol. The van der Waals surface area contributed by atoms with Crippen molar-refractivity contribution in [3.05, 3.63) is 35.9 Å². The molecule has 1 aromatic carbocycles. The quantitative estimate of drug-likeness (QED) is 0.809. The lowest BCUT2D eigenvalue weighted by Crippen LogP contribution is -2.40. The number of methoxy groups -OCH3 is 1. The molecule has 1 saturated heterocycles. The summed E-state index contributed by atoms with van der Waals surface area (Å²) < 4.78 is 10.1. The third-order valence-electron chi connectivity index (χ3n) is 2.94. The second-order valence-corrected chi connectivity index (χ2v) is 4.24. The predicted octanol–water partition coefficient (Wildman–Crippen LogP) is 1.74. The monoisotopic (exact) mass is 235 g/mol. The van der Waals surface area contributed by atoms with E-state index in [0.29, 0.717) is 0 Å². The normalized spacial score (nSPS) is 23.9. The molecule has 3 atom stereocenters. The molecule has 1 fully saturated rings. The number of alkyl carbamates (subject to hydrolysis) is 1. The molecule has 0 aromatic heterocycles. The Bertz CT molecular complexity index is 380. The molecule has 1 aromatic rings. The van der Waals surface area contributed by atoms with Crippen molar-refractivity contribution in [2.45, 2.75) is 31.6 Å². The zero-order valence-electron chi connectivity index (χ0n) is 10.1. The topological polar surface area (TPSA) is 50.9 Å². The Hall–Kier alpha value is -1.55. The van der Waals surface area contributed by atoms with Gasteiger partial charge in [0.1, 0.15) is 6.10 Å². The first-order valence-corrected chi connectivity index (χ1v) is 5.74. The van der Waals surface area contributed by atoms with Crippen molar-refractivity contribution in [1.29, 1.82) is 0 Å². The molecule has 0 unspecified atom stereocenters. The van der Waals surface area contributed by atoms with Gasteiger partial charge < -0.3 is 14.8 Å². The largest absolute Gasteiger partial charge is 0.453 e. The third kappa shape index (κ3) is 3.20. The number of carbonyl (C=O) groups excluding carboxylic acids is 1. The minimum absolute atomic E-state index is 0.0279. The Labute approximate surface area is 101 Å². The number of ether oxygens (including phenoxy) is 2. The lowest BCUT2D eigenvalue weighted by Gasteiger charge is -2.16. The van der Waals surface area contributed by atoms with Crippen LogP contribution in [0.1, 0.15) is 12.5 Å². The van der Waals surface area contributed by atoms with E-state index in [1.54, 1.807) is 0 Å². The number of amides is 1. The summed E-state index contributed by atoms with van der Waals surface area (Å²) in [5.74, 6) is 0. The van der Waals surface area contributed by atoms with Crippen LogP contribution in [0.5, 0.6) is 0 Å². The van der Waals surface area contributed by atoms with Gasteiger partial charge in [-0.2, -0.15) is 0 Å². The smallest absolute Gasteiger partial charge is 0.407 e. The van der Waals surface area contributed by atoms with Gasteiger partial charge >= 0.3 is 6.09 Å².